The van der Waals surface area contributed by atoms with Gasteiger partial charge in [0.2, 0.25) is 5.91 Å². The SMILES string of the molecule is CC(=O)Nc1ccc(OCc2nnc3c4ccccc4c(C)nn23)cc1. The van der Waals surface area contributed by atoms with E-state index in [2.05, 4.69) is 20.6 Å². The maximum atomic E-state index is 11.1. The van der Waals surface area contributed by atoms with Crippen molar-refractivity contribution in [3.05, 3.63) is 60.0 Å². The van der Waals surface area contributed by atoms with E-state index in [9.17, 15) is 4.79 Å². The molecule has 1 amide bonds. The van der Waals surface area contributed by atoms with E-state index in [0.29, 0.717) is 17.2 Å². The molecule has 26 heavy (non-hydrogen) atoms. The lowest BCUT2D eigenvalue weighted by molar-refractivity contribution is -0.114. The molecule has 0 atom stereocenters. The second kappa shape index (κ2) is 6.44. The molecule has 0 aliphatic rings. The highest BCUT2D eigenvalue weighted by atomic mass is 16.5. The molecule has 7 heteroatoms. The fourth-order valence-corrected chi connectivity index (χ4v) is 2.86. The van der Waals surface area contributed by atoms with Crippen LogP contribution in [0.1, 0.15) is 18.4 Å². The average Bonchev–Trinajstić information content (AvgIpc) is 3.04. The number of fused-ring (bicyclic) bond motifs is 3. The van der Waals surface area contributed by atoms with Crippen LogP contribution in [-0.4, -0.2) is 25.7 Å². The lowest BCUT2D eigenvalue weighted by Gasteiger charge is -2.07. The van der Waals surface area contributed by atoms with Gasteiger partial charge < -0.3 is 10.1 Å². The Labute approximate surface area is 149 Å². The molecule has 0 aliphatic heterocycles. The van der Waals surface area contributed by atoms with E-state index in [0.717, 1.165) is 22.2 Å². The fourth-order valence-electron chi connectivity index (χ4n) is 2.86. The zero-order valence-electron chi connectivity index (χ0n) is 14.4. The highest BCUT2D eigenvalue weighted by Gasteiger charge is 2.12. The second-order valence-corrected chi connectivity index (χ2v) is 5.98. The molecule has 0 fully saturated rings. The van der Waals surface area contributed by atoms with Crippen LogP contribution in [0.3, 0.4) is 0 Å². The maximum absolute atomic E-state index is 11.1. The highest BCUT2D eigenvalue weighted by molar-refractivity contribution is 5.94. The van der Waals surface area contributed by atoms with Crippen LogP contribution in [-0.2, 0) is 11.4 Å². The first-order valence-corrected chi connectivity index (χ1v) is 8.22. The minimum atomic E-state index is -0.109. The van der Waals surface area contributed by atoms with Gasteiger partial charge in [0.1, 0.15) is 12.4 Å². The molecule has 0 spiro atoms. The quantitative estimate of drug-likeness (QED) is 0.613. The van der Waals surface area contributed by atoms with Crippen molar-refractivity contribution in [2.24, 2.45) is 0 Å². The molecular weight excluding hydrogens is 330 g/mol. The Morgan fingerprint density at radius 1 is 1.08 bits per heavy atom. The monoisotopic (exact) mass is 347 g/mol. The van der Waals surface area contributed by atoms with Crippen molar-refractivity contribution >= 4 is 28.0 Å². The summed E-state index contributed by atoms with van der Waals surface area (Å²) in [7, 11) is 0. The number of aryl methyl sites for hydroxylation is 1. The Hall–Kier alpha value is -3.48. The third kappa shape index (κ3) is 2.95. The number of aromatic nitrogens is 4. The number of nitrogens with one attached hydrogen (secondary N) is 1. The molecule has 130 valence electrons. The van der Waals surface area contributed by atoms with Gasteiger partial charge in [0.05, 0.1) is 5.69 Å². The van der Waals surface area contributed by atoms with Gasteiger partial charge in [-0.1, -0.05) is 24.3 Å². The summed E-state index contributed by atoms with van der Waals surface area (Å²) in [5.41, 5.74) is 2.35. The van der Waals surface area contributed by atoms with Crippen LogP contribution in [0.25, 0.3) is 16.4 Å². The van der Waals surface area contributed by atoms with Gasteiger partial charge in [0, 0.05) is 23.4 Å². The van der Waals surface area contributed by atoms with Crippen molar-refractivity contribution in [2.75, 3.05) is 5.32 Å². The van der Waals surface area contributed by atoms with Crippen molar-refractivity contribution in [1.82, 2.24) is 19.8 Å². The summed E-state index contributed by atoms with van der Waals surface area (Å²) in [5, 5.41) is 17.9. The van der Waals surface area contributed by atoms with Crippen molar-refractivity contribution in [3.8, 4) is 5.75 Å². The van der Waals surface area contributed by atoms with E-state index in [4.69, 9.17) is 4.74 Å². The number of amides is 1. The molecule has 4 rings (SSSR count). The minimum Gasteiger partial charge on any atom is -0.486 e. The predicted molar refractivity (Wildman–Crippen MR) is 98.1 cm³/mol. The molecule has 0 radical (unpaired) electrons. The third-order valence-corrected chi connectivity index (χ3v) is 4.06. The van der Waals surface area contributed by atoms with Crippen LogP contribution in [0.2, 0.25) is 0 Å². The van der Waals surface area contributed by atoms with Crippen LogP contribution in [0, 0.1) is 6.92 Å². The fraction of sp³-hybridized carbons (Fsp3) is 0.158. The summed E-state index contributed by atoms with van der Waals surface area (Å²) >= 11 is 0. The molecule has 0 aliphatic carbocycles. The van der Waals surface area contributed by atoms with Gasteiger partial charge in [-0.25, -0.2) is 0 Å². The van der Waals surface area contributed by atoms with Crippen LogP contribution in [0.4, 0.5) is 5.69 Å². The number of anilines is 1. The molecule has 7 nitrogen and oxygen atoms in total. The van der Waals surface area contributed by atoms with E-state index in [1.54, 1.807) is 28.8 Å². The summed E-state index contributed by atoms with van der Waals surface area (Å²) in [5.74, 6) is 1.19. The van der Waals surface area contributed by atoms with Crippen LogP contribution < -0.4 is 10.1 Å². The molecule has 4 aromatic rings. The van der Waals surface area contributed by atoms with E-state index in [-0.39, 0.29) is 12.5 Å². The topological polar surface area (TPSA) is 81.4 Å². The molecule has 0 saturated heterocycles. The average molecular weight is 347 g/mol. The lowest BCUT2D eigenvalue weighted by Crippen LogP contribution is -2.06. The normalized spacial score (nSPS) is 11.0. The number of hydrogen-bond donors (Lipinski definition) is 1. The van der Waals surface area contributed by atoms with Gasteiger partial charge in [0.25, 0.3) is 0 Å². The minimum absolute atomic E-state index is 0.109. The Balaban J connectivity index is 1.59. The van der Waals surface area contributed by atoms with Gasteiger partial charge in [-0.3, -0.25) is 4.79 Å². The first-order chi connectivity index (χ1) is 12.6. The first kappa shape index (κ1) is 16.0. The summed E-state index contributed by atoms with van der Waals surface area (Å²) in [4.78, 5) is 11.1. The molecule has 2 aromatic heterocycles. The second-order valence-electron chi connectivity index (χ2n) is 5.98. The Bertz CT molecular complexity index is 1100. The van der Waals surface area contributed by atoms with Crippen LogP contribution in [0.5, 0.6) is 5.75 Å². The van der Waals surface area contributed by atoms with Crippen molar-refractivity contribution in [2.45, 2.75) is 20.5 Å². The van der Waals surface area contributed by atoms with Crippen molar-refractivity contribution in [3.63, 3.8) is 0 Å². The molecule has 2 heterocycles. The number of ether oxygens (including phenoxy) is 1. The van der Waals surface area contributed by atoms with Gasteiger partial charge in [-0.2, -0.15) is 9.61 Å². The number of benzene rings is 2. The van der Waals surface area contributed by atoms with E-state index < -0.39 is 0 Å². The number of hydrogen-bond acceptors (Lipinski definition) is 5. The third-order valence-electron chi connectivity index (χ3n) is 4.06. The molecule has 1 N–H and O–H groups in total. The van der Waals surface area contributed by atoms with Gasteiger partial charge in [0.15, 0.2) is 11.5 Å². The first-order valence-electron chi connectivity index (χ1n) is 8.22. The Kier molecular flexibility index (Phi) is 3.96. The lowest BCUT2D eigenvalue weighted by atomic mass is 10.1. The Morgan fingerprint density at radius 3 is 2.54 bits per heavy atom. The van der Waals surface area contributed by atoms with Crippen LogP contribution >= 0.6 is 0 Å². The largest absolute Gasteiger partial charge is 0.486 e. The maximum Gasteiger partial charge on any atom is 0.221 e. The zero-order valence-corrected chi connectivity index (χ0v) is 14.4. The zero-order chi connectivity index (χ0) is 18.1. The summed E-state index contributed by atoms with van der Waals surface area (Å²) in [6, 6.07) is 15.2. The predicted octanol–water partition coefficient (Wildman–Crippen LogP) is 3.12. The molecule has 0 unspecified atom stereocenters. The van der Waals surface area contributed by atoms with E-state index in [1.807, 2.05) is 31.2 Å². The summed E-state index contributed by atoms with van der Waals surface area (Å²) in [6.07, 6.45) is 0. The van der Waals surface area contributed by atoms with Crippen LogP contribution in [0.15, 0.2) is 48.5 Å². The Morgan fingerprint density at radius 2 is 1.81 bits per heavy atom. The van der Waals surface area contributed by atoms with E-state index >= 15 is 0 Å². The highest BCUT2D eigenvalue weighted by Crippen LogP contribution is 2.21. The smallest absolute Gasteiger partial charge is 0.221 e. The van der Waals surface area contributed by atoms with Gasteiger partial charge >= 0.3 is 0 Å². The van der Waals surface area contributed by atoms with Gasteiger partial charge in [-0.15, -0.1) is 10.2 Å². The summed E-state index contributed by atoms with van der Waals surface area (Å²) in [6.45, 7) is 3.68. The number of nitrogens with zero attached hydrogens (tertiary/aromatic N) is 4. The molecular formula is C19H17N5O2. The number of rotatable bonds is 4. The number of carbonyl (C=O) groups excluding carboxylic acids is 1. The molecule has 0 bridgehead atoms. The van der Waals surface area contributed by atoms with Crippen molar-refractivity contribution in [1.29, 1.82) is 0 Å². The van der Waals surface area contributed by atoms with E-state index in [1.165, 1.54) is 6.92 Å². The standard InChI is InChI=1S/C19H17N5O2/c1-12-16-5-3-4-6-17(16)19-22-21-18(24(19)23-12)11-26-15-9-7-14(8-10-15)20-13(2)25/h3-10H,11H2,1-2H3,(H,20,25). The van der Waals surface area contributed by atoms with Crippen molar-refractivity contribution < 1.29 is 9.53 Å². The summed E-state index contributed by atoms with van der Waals surface area (Å²) < 4.78 is 7.52. The number of carbonyl (C=O) groups is 1. The molecule has 0 saturated carbocycles. The van der Waals surface area contributed by atoms with Gasteiger partial charge in [-0.05, 0) is 31.2 Å². The molecule has 2 aromatic carbocycles.